The van der Waals surface area contributed by atoms with Crippen LogP contribution in [0.2, 0.25) is 0 Å². The first kappa shape index (κ1) is 22.0. The minimum Gasteiger partial charge on any atom is -0.326 e. The fraction of sp³-hybridized carbons (Fsp3) is 0.391. The second-order valence-electron chi connectivity index (χ2n) is 7.62. The Morgan fingerprint density at radius 2 is 1.83 bits per heavy atom. The monoisotopic (exact) mass is 425 g/mol. The van der Waals surface area contributed by atoms with Gasteiger partial charge in [0.05, 0.1) is 24.2 Å². The van der Waals surface area contributed by atoms with Crippen molar-refractivity contribution in [1.29, 1.82) is 5.26 Å². The molecule has 1 aliphatic heterocycles. The van der Waals surface area contributed by atoms with Crippen molar-refractivity contribution in [1.82, 2.24) is 4.31 Å². The third kappa shape index (κ3) is 6.15. The molecule has 30 heavy (non-hydrogen) atoms. The number of hydrogen-bond acceptors (Lipinski definition) is 4. The number of nitrogens with one attached hydrogen (secondary N) is 1. The maximum absolute atomic E-state index is 12.8. The molecular formula is C23H27N3O3S. The van der Waals surface area contributed by atoms with Crippen LogP contribution in [0.3, 0.4) is 0 Å². The SMILES string of the molecule is N#CCc1ccc(NC(=O)C2CCCN(S(=O)(=O)CCCc3ccccc3)C2)cc1. The molecule has 2 aromatic carbocycles. The van der Waals surface area contributed by atoms with E-state index in [4.69, 9.17) is 5.26 Å². The molecule has 0 radical (unpaired) electrons. The molecular weight excluding hydrogens is 398 g/mol. The van der Waals surface area contributed by atoms with Gasteiger partial charge < -0.3 is 5.32 Å². The molecule has 0 aliphatic carbocycles. The minimum absolute atomic E-state index is 0.0938. The van der Waals surface area contributed by atoms with Crippen molar-refractivity contribution < 1.29 is 13.2 Å². The van der Waals surface area contributed by atoms with Crippen molar-refractivity contribution in [3.8, 4) is 6.07 Å². The number of rotatable bonds is 8. The number of benzene rings is 2. The van der Waals surface area contributed by atoms with Crippen LogP contribution in [-0.2, 0) is 27.7 Å². The molecule has 1 saturated heterocycles. The van der Waals surface area contributed by atoms with Crippen LogP contribution in [0.4, 0.5) is 5.69 Å². The number of hydrogen-bond donors (Lipinski definition) is 1. The van der Waals surface area contributed by atoms with Crippen molar-refractivity contribution in [2.24, 2.45) is 5.92 Å². The van der Waals surface area contributed by atoms with E-state index < -0.39 is 10.0 Å². The largest absolute Gasteiger partial charge is 0.326 e. The fourth-order valence-corrected chi connectivity index (χ4v) is 5.26. The van der Waals surface area contributed by atoms with Crippen molar-refractivity contribution in [3.63, 3.8) is 0 Å². The molecule has 1 heterocycles. The number of aryl methyl sites for hydroxylation is 1. The summed E-state index contributed by atoms with van der Waals surface area (Å²) >= 11 is 0. The van der Waals surface area contributed by atoms with E-state index in [0.717, 1.165) is 17.5 Å². The summed E-state index contributed by atoms with van der Waals surface area (Å²) < 4.78 is 27.0. The maximum atomic E-state index is 12.8. The first-order valence-corrected chi connectivity index (χ1v) is 11.9. The fourth-order valence-electron chi connectivity index (χ4n) is 3.68. The molecule has 1 N–H and O–H groups in total. The highest BCUT2D eigenvalue weighted by molar-refractivity contribution is 7.89. The number of sulfonamides is 1. The van der Waals surface area contributed by atoms with Gasteiger partial charge in [-0.3, -0.25) is 4.79 Å². The highest BCUT2D eigenvalue weighted by Crippen LogP contribution is 2.22. The second-order valence-corrected chi connectivity index (χ2v) is 9.71. The zero-order chi connectivity index (χ0) is 21.4. The molecule has 0 spiro atoms. The molecule has 0 bridgehead atoms. The molecule has 1 atom stereocenters. The molecule has 1 unspecified atom stereocenters. The van der Waals surface area contributed by atoms with E-state index in [2.05, 4.69) is 11.4 Å². The third-order valence-corrected chi connectivity index (χ3v) is 7.29. The lowest BCUT2D eigenvalue weighted by atomic mass is 9.98. The predicted molar refractivity (Wildman–Crippen MR) is 117 cm³/mol. The van der Waals surface area contributed by atoms with Gasteiger partial charge in [0.15, 0.2) is 0 Å². The van der Waals surface area contributed by atoms with Gasteiger partial charge in [0.1, 0.15) is 0 Å². The van der Waals surface area contributed by atoms with Gasteiger partial charge in [0.25, 0.3) is 0 Å². The van der Waals surface area contributed by atoms with Crippen LogP contribution in [0, 0.1) is 17.2 Å². The average Bonchev–Trinajstić information content (AvgIpc) is 2.76. The summed E-state index contributed by atoms with van der Waals surface area (Å²) in [5, 5.41) is 11.6. The lowest BCUT2D eigenvalue weighted by Crippen LogP contribution is -2.44. The maximum Gasteiger partial charge on any atom is 0.228 e. The number of anilines is 1. The summed E-state index contributed by atoms with van der Waals surface area (Å²) in [7, 11) is -3.38. The first-order valence-electron chi connectivity index (χ1n) is 10.3. The Labute approximate surface area is 178 Å². The van der Waals surface area contributed by atoms with Crippen molar-refractivity contribution in [3.05, 3.63) is 65.7 Å². The minimum atomic E-state index is -3.38. The smallest absolute Gasteiger partial charge is 0.228 e. The standard InChI is InChI=1S/C23H27N3O3S/c24-15-14-20-10-12-22(13-11-20)25-23(27)21-9-4-16-26(18-21)30(28,29)17-5-8-19-6-2-1-3-7-19/h1-3,6-7,10-13,21H,4-5,8-9,14,16-18H2,(H,25,27). The van der Waals surface area contributed by atoms with Gasteiger partial charge >= 0.3 is 0 Å². The zero-order valence-corrected chi connectivity index (χ0v) is 17.8. The summed E-state index contributed by atoms with van der Waals surface area (Å²) in [5.74, 6) is -0.426. The van der Waals surface area contributed by atoms with E-state index >= 15 is 0 Å². The number of nitriles is 1. The van der Waals surface area contributed by atoms with Crippen LogP contribution in [-0.4, -0.2) is 37.5 Å². The summed E-state index contributed by atoms with van der Waals surface area (Å²) in [6.07, 6.45) is 2.97. The summed E-state index contributed by atoms with van der Waals surface area (Å²) in [6.45, 7) is 0.701. The Balaban J connectivity index is 1.53. The summed E-state index contributed by atoms with van der Waals surface area (Å²) in [4.78, 5) is 12.7. The van der Waals surface area contributed by atoms with E-state index in [1.165, 1.54) is 4.31 Å². The van der Waals surface area contributed by atoms with Gasteiger partial charge in [-0.1, -0.05) is 42.5 Å². The average molecular weight is 426 g/mol. The van der Waals surface area contributed by atoms with Gasteiger partial charge in [0.2, 0.25) is 15.9 Å². The topological polar surface area (TPSA) is 90.3 Å². The molecule has 1 aliphatic rings. The normalized spacial score (nSPS) is 17.2. The molecule has 2 aromatic rings. The highest BCUT2D eigenvalue weighted by Gasteiger charge is 2.32. The van der Waals surface area contributed by atoms with Crippen LogP contribution in [0.15, 0.2) is 54.6 Å². The Bertz CT molecular complexity index is 983. The number of amides is 1. The van der Waals surface area contributed by atoms with Crippen molar-refractivity contribution in [2.45, 2.75) is 32.1 Å². The van der Waals surface area contributed by atoms with Gasteiger partial charge in [0, 0.05) is 18.8 Å². The predicted octanol–water partition coefficient (Wildman–Crippen LogP) is 3.37. The highest BCUT2D eigenvalue weighted by atomic mass is 32.2. The quantitative estimate of drug-likeness (QED) is 0.702. The Morgan fingerprint density at radius 3 is 2.53 bits per heavy atom. The molecule has 158 valence electrons. The second kappa shape index (κ2) is 10.4. The van der Waals surface area contributed by atoms with Gasteiger partial charge in [-0.05, 0) is 48.9 Å². The van der Waals surface area contributed by atoms with Crippen LogP contribution < -0.4 is 5.32 Å². The molecule has 1 fully saturated rings. The van der Waals surface area contributed by atoms with Crippen LogP contribution in [0.1, 0.15) is 30.4 Å². The van der Waals surface area contributed by atoms with Gasteiger partial charge in [-0.2, -0.15) is 5.26 Å². The van der Waals surface area contributed by atoms with Gasteiger partial charge in [-0.25, -0.2) is 12.7 Å². The number of carbonyl (C=O) groups is 1. The Hall–Kier alpha value is -2.69. The first-order chi connectivity index (χ1) is 14.5. The van der Waals surface area contributed by atoms with Crippen molar-refractivity contribution in [2.75, 3.05) is 24.2 Å². The molecule has 3 rings (SSSR count). The lowest BCUT2D eigenvalue weighted by molar-refractivity contribution is -0.120. The van der Waals surface area contributed by atoms with E-state index in [1.54, 1.807) is 12.1 Å². The zero-order valence-electron chi connectivity index (χ0n) is 17.0. The number of piperidine rings is 1. The van der Waals surface area contributed by atoms with E-state index in [1.807, 2.05) is 42.5 Å². The summed E-state index contributed by atoms with van der Waals surface area (Å²) in [6, 6.07) is 19.1. The summed E-state index contributed by atoms with van der Waals surface area (Å²) in [5.41, 5.74) is 2.68. The number of carbonyl (C=O) groups excluding carboxylic acids is 1. The van der Waals surface area contributed by atoms with E-state index in [-0.39, 0.29) is 24.1 Å². The number of nitrogens with zero attached hydrogens (tertiary/aromatic N) is 2. The van der Waals surface area contributed by atoms with Crippen LogP contribution >= 0.6 is 0 Å². The molecule has 0 saturated carbocycles. The van der Waals surface area contributed by atoms with Gasteiger partial charge in [-0.15, -0.1) is 0 Å². The third-order valence-electron chi connectivity index (χ3n) is 5.36. The Kier molecular flexibility index (Phi) is 7.61. The van der Waals surface area contributed by atoms with Crippen molar-refractivity contribution >= 4 is 21.6 Å². The molecule has 1 amide bonds. The lowest BCUT2D eigenvalue weighted by Gasteiger charge is -2.31. The van der Waals surface area contributed by atoms with Crippen LogP contribution in [0.25, 0.3) is 0 Å². The molecule has 6 nitrogen and oxygen atoms in total. The van der Waals surface area contributed by atoms with E-state index in [9.17, 15) is 13.2 Å². The molecule has 7 heteroatoms. The van der Waals surface area contributed by atoms with Crippen LogP contribution in [0.5, 0.6) is 0 Å². The molecule has 0 aromatic heterocycles. The van der Waals surface area contributed by atoms with E-state index in [0.29, 0.717) is 37.9 Å². The Morgan fingerprint density at radius 1 is 1.10 bits per heavy atom.